The first kappa shape index (κ1) is 16.9. The molecule has 0 aromatic heterocycles. The van der Waals surface area contributed by atoms with Crippen LogP contribution in [0.2, 0.25) is 0 Å². The number of aliphatic hydroxyl groups is 1. The molecule has 1 rings (SSSR count). The van der Waals surface area contributed by atoms with Crippen molar-refractivity contribution in [1.29, 1.82) is 0 Å². The van der Waals surface area contributed by atoms with Crippen LogP contribution in [-0.4, -0.2) is 47.5 Å². The summed E-state index contributed by atoms with van der Waals surface area (Å²) < 4.78 is 5.08. The molecule has 0 saturated heterocycles. The van der Waals surface area contributed by atoms with Crippen molar-refractivity contribution in [2.75, 3.05) is 31.7 Å². The summed E-state index contributed by atoms with van der Waals surface area (Å²) in [7, 11) is 0. The number of rotatable bonds is 9. The maximum Gasteiger partial charge on any atom is 0.336 e. The summed E-state index contributed by atoms with van der Waals surface area (Å²) in [5, 5.41) is 31.4. The average Bonchev–Trinajstić information content (AvgIpc) is 2.43. The van der Waals surface area contributed by atoms with Gasteiger partial charge in [0.25, 0.3) is 5.69 Å². The van der Waals surface area contributed by atoms with Crippen LogP contribution in [0.4, 0.5) is 11.4 Å². The van der Waals surface area contributed by atoms with E-state index in [9.17, 15) is 14.9 Å². The highest BCUT2D eigenvalue weighted by molar-refractivity contribution is 5.90. The van der Waals surface area contributed by atoms with Gasteiger partial charge in [-0.25, -0.2) is 4.79 Å². The van der Waals surface area contributed by atoms with Crippen molar-refractivity contribution in [3.8, 4) is 0 Å². The Morgan fingerprint density at radius 2 is 2.14 bits per heavy atom. The van der Waals surface area contributed by atoms with E-state index < -0.39 is 10.9 Å². The molecule has 0 radical (unpaired) electrons. The number of anilines is 1. The molecular formula is C13H18N2O6. The molecule has 3 N–H and O–H groups in total. The van der Waals surface area contributed by atoms with Gasteiger partial charge in [0.1, 0.15) is 0 Å². The van der Waals surface area contributed by atoms with E-state index in [-0.39, 0.29) is 24.5 Å². The first-order chi connectivity index (χ1) is 9.97. The van der Waals surface area contributed by atoms with E-state index in [1.807, 2.05) is 0 Å². The number of aliphatic hydroxyl groups excluding tert-OH is 1. The number of carboxylic acids is 1. The van der Waals surface area contributed by atoms with Crippen molar-refractivity contribution >= 4 is 17.3 Å². The minimum atomic E-state index is -1.22. The Bertz CT molecular complexity index is 518. The number of hydrogen-bond acceptors (Lipinski definition) is 6. The minimum Gasteiger partial charge on any atom is -0.478 e. The lowest BCUT2D eigenvalue weighted by Crippen LogP contribution is -2.10. The molecule has 0 atom stereocenters. The molecule has 0 saturated carbocycles. The van der Waals surface area contributed by atoms with Crippen LogP contribution < -0.4 is 5.32 Å². The number of nitro benzene ring substituents is 1. The maximum atomic E-state index is 11.0. The molecule has 21 heavy (non-hydrogen) atoms. The number of ether oxygens (including phenoxy) is 1. The lowest BCUT2D eigenvalue weighted by molar-refractivity contribution is -0.385. The minimum absolute atomic E-state index is 0.0423. The van der Waals surface area contributed by atoms with E-state index in [2.05, 4.69) is 5.32 Å². The summed E-state index contributed by atoms with van der Waals surface area (Å²) in [5.74, 6) is -1.22. The Morgan fingerprint density at radius 3 is 2.71 bits per heavy atom. The van der Waals surface area contributed by atoms with Crippen LogP contribution in [-0.2, 0) is 4.74 Å². The highest BCUT2D eigenvalue weighted by Gasteiger charge is 2.18. The third kappa shape index (κ3) is 5.01. The normalized spacial score (nSPS) is 10.4. The van der Waals surface area contributed by atoms with Gasteiger partial charge in [0, 0.05) is 30.5 Å². The summed E-state index contributed by atoms with van der Waals surface area (Å²) in [4.78, 5) is 21.3. The van der Waals surface area contributed by atoms with Crippen molar-refractivity contribution in [2.24, 2.45) is 0 Å². The van der Waals surface area contributed by atoms with Gasteiger partial charge in [0.15, 0.2) is 0 Å². The van der Waals surface area contributed by atoms with Crippen LogP contribution in [0.1, 0.15) is 22.3 Å². The van der Waals surface area contributed by atoms with Gasteiger partial charge in [-0.05, 0) is 19.4 Å². The lowest BCUT2D eigenvalue weighted by Gasteiger charge is -2.11. The van der Waals surface area contributed by atoms with E-state index in [0.717, 1.165) is 6.07 Å². The summed E-state index contributed by atoms with van der Waals surface area (Å²) >= 11 is 0. The number of nitro groups is 1. The zero-order chi connectivity index (χ0) is 15.8. The number of carbonyl (C=O) groups is 1. The predicted octanol–water partition coefficient (Wildman–Crippen LogP) is 1.41. The van der Waals surface area contributed by atoms with Crippen LogP contribution in [0.25, 0.3) is 0 Å². The average molecular weight is 298 g/mol. The molecule has 0 heterocycles. The molecular weight excluding hydrogens is 280 g/mol. The molecule has 0 spiro atoms. The summed E-state index contributed by atoms with van der Waals surface area (Å²) in [6.45, 7) is 2.70. The third-order valence-corrected chi connectivity index (χ3v) is 2.84. The number of nitrogens with one attached hydrogen (secondary N) is 1. The van der Waals surface area contributed by atoms with Crippen molar-refractivity contribution in [3.05, 3.63) is 33.4 Å². The van der Waals surface area contributed by atoms with Gasteiger partial charge in [-0.2, -0.15) is 0 Å². The summed E-state index contributed by atoms with van der Waals surface area (Å²) in [6, 6.07) is 2.42. The molecule has 8 nitrogen and oxygen atoms in total. The van der Waals surface area contributed by atoms with Crippen LogP contribution in [0, 0.1) is 17.0 Å². The van der Waals surface area contributed by atoms with E-state index in [1.165, 1.54) is 6.07 Å². The second kappa shape index (κ2) is 8.18. The van der Waals surface area contributed by atoms with Crippen molar-refractivity contribution in [2.45, 2.75) is 13.3 Å². The molecule has 0 fully saturated rings. The van der Waals surface area contributed by atoms with E-state index in [1.54, 1.807) is 6.92 Å². The number of nitrogens with zero attached hydrogens (tertiary/aromatic N) is 1. The van der Waals surface area contributed by atoms with Crippen LogP contribution in [0.15, 0.2) is 12.1 Å². The predicted molar refractivity (Wildman–Crippen MR) is 75.8 cm³/mol. The Morgan fingerprint density at radius 1 is 1.43 bits per heavy atom. The Hall–Kier alpha value is -2.19. The summed E-state index contributed by atoms with van der Waals surface area (Å²) in [6.07, 6.45) is 0.630. The molecule has 0 aliphatic rings. The smallest absolute Gasteiger partial charge is 0.336 e. The van der Waals surface area contributed by atoms with Gasteiger partial charge < -0.3 is 20.3 Å². The van der Waals surface area contributed by atoms with Crippen molar-refractivity contribution < 1.29 is 24.7 Å². The molecule has 1 aromatic carbocycles. The highest BCUT2D eigenvalue weighted by atomic mass is 16.6. The first-order valence-corrected chi connectivity index (χ1v) is 6.42. The molecule has 0 unspecified atom stereocenters. The second-order valence-corrected chi connectivity index (χ2v) is 4.35. The Balaban J connectivity index is 2.76. The zero-order valence-electron chi connectivity index (χ0n) is 11.7. The van der Waals surface area contributed by atoms with E-state index in [4.69, 9.17) is 14.9 Å². The molecule has 0 aliphatic carbocycles. The van der Waals surface area contributed by atoms with Gasteiger partial charge in [-0.15, -0.1) is 0 Å². The monoisotopic (exact) mass is 298 g/mol. The molecule has 8 heteroatoms. The van der Waals surface area contributed by atoms with E-state index >= 15 is 0 Å². The van der Waals surface area contributed by atoms with Gasteiger partial charge in [0.05, 0.1) is 23.7 Å². The Kier molecular flexibility index (Phi) is 6.57. The number of aromatic carboxylic acids is 1. The molecule has 0 bridgehead atoms. The summed E-state index contributed by atoms with van der Waals surface area (Å²) in [5.41, 5.74) is 0.449. The van der Waals surface area contributed by atoms with Gasteiger partial charge in [0.2, 0.25) is 0 Å². The van der Waals surface area contributed by atoms with Gasteiger partial charge in [-0.1, -0.05) is 0 Å². The fraction of sp³-hybridized carbons (Fsp3) is 0.462. The van der Waals surface area contributed by atoms with Crippen LogP contribution in [0.5, 0.6) is 0 Å². The molecule has 1 aromatic rings. The standard InChI is InChI=1S/C13H18N2O6/c1-9-11(14-3-2-5-21-6-4-16)7-10(13(17)18)8-12(9)15(19)20/h7-8,14,16H,2-6H2,1H3,(H,17,18). The van der Waals surface area contributed by atoms with Gasteiger partial charge in [-0.3, -0.25) is 10.1 Å². The fourth-order valence-electron chi connectivity index (χ4n) is 1.76. The fourth-order valence-corrected chi connectivity index (χ4v) is 1.76. The zero-order valence-corrected chi connectivity index (χ0v) is 11.7. The SMILES string of the molecule is Cc1c(NCCCOCCO)cc(C(=O)O)cc1[N+](=O)[O-]. The van der Waals surface area contributed by atoms with Crippen molar-refractivity contribution in [1.82, 2.24) is 0 Å². The highest BCUT2D eigenvalue weighted by Crippen LogP contribution is 2.27. The van der Waals surface area contributed by atoms with Crippen LogP contribution in [0.3, 0.4) is 0 Å². The maximum absolute atomic E-state index is 11.0. The van der Waals surface area contributed by atoms with Crippen LogP contribution >= 0.6 is 0 Å². The largest absolute Gasteiger partial charge is 0.478 e. The second-order valence-electron chi connectivity index (χ2n) is 4.35. The number of benzene rings is 1. The number of hydrogen-bond donors (Lipinski definition) is 3. The lowest BCUT2D eigenvalue weighted by atomic mass is 10.1. The first-order valence-electron chi connectivity index (χ1n) is 6.42. The third-order valence-electron chi connectivity index (χ3n) is 2.84. The topological polar surface area (TPSA) is 122 Å². The van der Waals surface area contributed by atoms with Crippen molar-refractivity contribution in [3.63, 3.8) is 0 Å². The molecule has 0 aliphatic heterocycles. The Labute approximate surface area is 121 Å². The van der Waals surface area contributed by atoms with Gasteiger partial charge >= 0.3 is 5.97 Å². The molecule has 0 amide bonds. The number of carboxylic acid groups (broad SMARTS) is 1. The molecule has 116 valence electrons. The van der Waals surface area contributed by atoms with E-state index in [0.29, 0.717) is 30.8 Å². The quantitative estimate of drug-likeness (QED) is 0.358.